The van der Waals surface area contributed by atoms with Crippen molar-refractivity contribution in [3.63, 3.8) is 0 Å². The van der Waals surface area contributed by atoms with E-state index in [4.69, 9.17) is 5.26 Å². The van der Waals surface area contributed by atoms with Crippen LogP contribution in [0.3, 0.4) is 0 Å². The molecule has 1 aromatic rings. The van der Waals surface area contributed by atoms with E-state index in [1.165, 1.54) is 0 Å². The van der Waals surface area contributed by atoms with Crippen LogP contribution in [0.2, 0.25) is 0 Å². The molecule has 14 heavy (non-hydrogen) atoms. The van der Waals surface area contributed by atoms with Gasteiger partial charge in [-0.05, 0) is 33.3 Å². The molecule has 0 atom stereocenters. The summed E-state index contributed by atoms with van der Waals surface area (Å²) >= 11 is 0. The molecular formula is C11H15N3. The van der Waals surface area contributed by atoms with Crippen molar-refractivity contribution < 1.29 is 0 Å². The highest BCUT2D eigenvalue weighted by molar-refractivity contribution is 5.69. The van der Waals surface area contributed by atoms with Crippen LogP contribution in [0.25, 0.3) is 5.57 Å². The van der Waals surface area contributed by atoms with Gasteiger partial charge in [-0.25, -0.2) is 0 Å². The van der Waals surface area contributed by atoms with Gasteiger partial charge >= 0.3 is 0 Å². The van der Waals surface area contributed by atoms with Gasteiger partial charge in [-0.3, -0.25) is 4.68 Å². The molecule has 0 fully saturated rings. The van der Waals surface area contributed by atoms with Gasteiger partial charge in [-0.2, -0.15) is 10.4 Å². The molecule has 1 aromatic heterocycles. The number of nitrogens with zero attached hydrogens (tertiary/aromatic N) is 3. The van der Waals surface area contributed by atoms with Gasteiger partial charge in [0.2, 0.25) is 0 Å². The van der Waals surface area contributed by atoms with Gasteiger partial charge in [-0.1, -0.05) is 0 Å². The predicted octanol–water partition coefficient (Wildman–Crippen LogP) is 2.45. The normalized spacial score (nSPS) is 11.5. The molecule has 0 aliphatic rings. The van der Waals surface area contributed by atoms with E-state index in [2.05, 4.69) is 12.0 Å². The summed E-state index contributed by atoms with van der Waals surface area (Å²) < 4.78 is 1.96. The van der Waals surface area contributed by atoms with E-state index in [0.717, 1.165) is 29.1 Å². The van der Waals surface area contributed by atoms with Crippen molar-refractivity contribution in [3.8, 4) is 6.07 Å². The lowest BCUT2D eigenvalue weighted by Gasteiger charge is -2.01. The Kier molecular flexibility index (Phi) is 3.08. The van der Waals surface area contributed by atoms with Crippen LogP contribution in [0.4, 0.5) is 0 Å². The fourth-order valence-corrected chi connectivity index (χ4v) is 1.74. The minimum atomic E-state index is 0.868. The Morgan fingerprint density at radius 3 is 2.64 bits per heavy atom. The number of hydrogen-bond donors (Lipinski definition) is 0. The Morgan fingerprint density at radius 2 is 2.21 bits per heavy atom. The molecule has 3 nitrogen and oxygen atoms in total. The quantitative estimate of drug-likeness (QED) is 0.670. The van der Waals surface area contributed by atoms with Crippen molar-refractivity contribution in [1.29, 1.82) is 5.26 Å². The van der Waals surface area contributed by atoms with Crippen molar-refractivity contribution in [1.82, 2.24) is 9.78 Å². The Hall–Kier alpha value is -1.56. The average molecular weight is 189 g/mol. The largest absolute Gasteiger partial charge is 0.269 e. The smallest absolute Gasteiger partial charge is 0.0915 e. The molecule has 0 aliphatic carbocycles. The first kappa shape index (κ1) is 10.5. The number of hydrogen-bond acceptors (Lipinski definition) is 2. The summed E-state index contributed by atoms with van der Waals surface area (Å²) in [4.78, 5) is 0. The molecule has 3 heteroatoms. The summed E-state index contributed by atoms with van der Waals surface area (Å²) in [6.07, 6.45) is 1.57. The zero-order valence-corrected chi connectivity index (χ0v) is 9.13. The fourth-order valence-electron chi connectivity index (χ4n) is 1.74. The summed E-state index contributed by atoms with van der Waals surface area (Å²) in [5, 5.41) is 13.0. The lowest BCUT2D eigenvalue weighted by molar-refractivity contribution is 0.634. The minimum Gasteiger partial charge on any atom is -0.269 e. The van der Waals surface area contributed by atoms with Gasteiger partial charge in [-0.15, -0.1) is 0 Å². The van der Waals surface area contributed by atoms with Gasteiger partial charge in [0.15, 0.2) is 0 Å². The van der Waals surface area contributed by atoms with E-state index in [1.807, 2.05) is 31.5 Å². The fraction of sp³-hybridized carbons (Fsp3) is 0.455. The first-order valence-corrected chi connectivity index (χ1v) is 4.72. The molecule has 0 N–H and O–H groups in total. The average Bonchev–Trinajstić information content (AvgIpc) is 2.41. The van der Waals surface area contributed by atoms with E-state index in [9.17, 15) is 0 Å². The van der Waals surface area contributed by atoms with Crippen LogP contribution < -0.4 is 0 Å². The molecule has 0 saturated carbocycles. The molecule has 0 bridgehead atoms. The van der Waals surface area contributed by atoms with Gasteiger partial charge in [0, 0.05) is 23.9 Å². The summed E-state index contributed by atoms with van der Waals surface area (Å²) in [5.74, 6) is 0. The first-order chi connectivity index (χ1) is 6.61. The van der Waals surface area contributed by atoms with Crippen LogP contribution in [0, 0.1) is 25.2 Å². The zero-order chi connectivity index (χ0) is 10.7. The predicted molar refractivity (Wildman–Crippen MR) is 56.6 cm³/mol. The van der Waals surface area contributed by atoms with Gasteiger partial charge in [0.05, 0.1) is 11.8 Å². The van der Waals surface area contributed by atoms with Crippen LogP contribution in [0.5, 0.6) is 0 Å². The molecule has 0 unspecified atom stereocenters. The third kappa shape index (κ3) is 1.69. The molecule has 0 aromatic carbocycles. The van der Waals surface area contributed by atoms with Crippen LogP contribution in [0.15, 0.2) is 6.08 Å². The maximum atomic E-state index is 8.59. The number of allylic oxidation sites excluding steroid dienone is 2. The van der Waals surface area contributed by atoms with E-state index in [1.54, 1.807) is 6.08 Å². The summed E-state index contributed by atoms with van der Waals surface area (Å²) in [6, 6.07) is 2.05. The van der Waals surface area contributed by atoms with Gasteiger partial charge in [0.1, 0.15) is 0 Å². The summed E-state index contributed by atoms with van der Waals surface area (Å²) in [7, 11) is 0. The van der Waals surface area contributed by atoms with Crippen LogP contribution in [0.1, 0.15) is 30.8 Å². The van der Waals surface area contributed by atoms with E-state index < -0.39 is 0 Å². The number of nitriles is 1. The van der Waals surface area contributed by atoms with Crippen molar-refractivity contribution in [3.05, 3.63) is 23.0 Å². The summed E-state index contributed by atoms with van der Waals surface area (Å²) in [5.41, 5.74) is 4.22. The second kappa shape index (κ2) is 4.10. The van der Waals surface area contributed by atoms with Crippen LogP contribution in [-0.4, -0.2) is 9.78 Å². The van der Waals surface area contributed by atoms with E-state index in [-0.39, 0.29) is 0 Å². The highest BCUT2D eigenvalue weighted by atomic mass is 15.3. The number of rotatable bonds is 2. The molecule has 74 valence electrons. The van der Waals surface area contributed by atoms with Crippen molar-refractivity contribution in [2.75, 3.05) is 0 Å². The Balaban J connectivity index is 3.29. The monoisotopic (exact) mass is 189 g/mol. The maximum absolute atomic E-state index is 8.59. The first-order valence-electron chi connectivity index (χ1n) is 4.72. The molecule has 0 saturated heterocycles. The van der Waals surface area contributed by atoms with E-state index >= 15 is 0 Å². The van der Waals surface area contributed by atoms with Crippen LogP contribution in [-0.2, 0) is 6.54 Å². The Morgan fingerprint density at radius 1 is 1.57 bits per heavy atom. The third-order valence-corrected chi connectivity index (χ3v) is 2.36. The molecule has 0 spiro atoms. The highest BCUT2D eigenvalue weighted by Gasteiger charge is 2.11. The van der Waals surface area contributed by atoms with Gasteiger partial charge in [0.25, 0.3) is 0 Å². The second-order valence-corrected chi connectivity index (χ2v) is 3.32. The topological polar surface area (TPSA) is 41.6 Å². The van der Waals surface area contributed by atoms with Crippen molar-refractivity contribution in [2.24, 2.45) is 0 Å². The highest BCUT2D eigenvalue weighted by Crippen LogP contribution is 2.21. The number of aryl methyl sites for hydroxylation is 2. The molecular weight excluding hydrogens is 174 g/mol. The lowest BCUT2D eigenvalue weighted by atomic mass is 10.1. The molecule has 0 radical (unpaired) electrons. The van der Waals surface area contributed by atoms with Crippen LogP contribution >= 0.6 is 0 Å². The maximum Gasteiger partial charge on any atom is 0.0915 e. The van der Waals surface area contributed by atoms with Gasteiger partial charge < -0.3 is 0 Å². The lowest BCUT2D eigenvalue weighted by Crippen LogP contribution is -1.98. The molecule has 1 rings (SSSR count). The van der Waals surface area contributed by atoms with Crippen molar-refractivity contribution >= 4 is 5.57 Å². The molecule has 1 heterocycles. The van der Waals surface area contributed by atoms with Crippen molar-refractivity contribution in [2.45, 2.75) is 34.2 Å². The second-order valence-electron chi connectivity index (χ2n) is 3.32. The molecule has 0 amide bonds. The summed E-state index contributed by atoms with van der Waals surface area (Å²) in [6.45, 7) is 8.88. The Labute approximate surface area is 84.7 Å². The Bertz CT molecular complexity index is 405. The number of aromatic nitrogens is 2. The minimum absolute atomic E-state index is 0.868. The zero-order valence-electron chi connectivity index (χ0n) is 9.13. The standard InChI is InChI=1S/C11H15N3/c1-5-14-10(4)11(9(3)13-14)8(2)6-7-12/h6H,5H2,1-4H3. The SMILES string of the molecule is CCn1nc(C)c(C(C)=CC#N)c1C. The third-order valence-electron chi connectivity index (χ3n) is 2.36. The van der Waals surface area contributed by atoms with E-state index in [0.29, 0.717) is 0 Å². The molecule has 0 aliphatic heterocycles.